The molecule has 2 heterocycles. The predicted octanol–water partition coefficient (Wildman–Crippen LogP) is 3.48. The first kappa shape index (κ1) is 13.9. The minimum Gasteiger partial charge on any atom is -0.467 e. The molecule has 1 N–H and O–H groups in total. The average Bonchev–Trinajstić information content (AvgIpc) is 2.96. The lowest BCUT2D eigenvalue weighted by Crippen LogP contribution is -2.35. The van der Waals surface area contributed by atoms with E-state index < -0.39 is 0 Å². The van der Waals surface area contributed by atoms with E-state index in [9.17, 15) is 0 Å². The Morgan fingerprint density at radius 1 is 1.11 bits per heavy atom. The fraction of sp³-hybridized carbons (Fsp3) is 0.467. The summed E-state index contributed by atoms with van der Waals surface area (Å²) in [5.41, 5.74) is 1.22. The molecule has 0 aliphatic rings. The molecule has 0 amide bonds. The van der Waals surface area contributed by atoms with Gasteiger partial charge in [-0.25, -0.2) is 0 Å². The second-order valence-electron chi connectivity index (χ2n) is 5.54. The molecule has 104 valence electrons. The van der Waals surface area contributed by atoms with Gasteiger partial charge >= 0.3 is 0 Å². The molecular formula is C15H21NO3. The molecule has 0 radical (unpaired) electrons. The number of nitrogens with one attached hydrogen (secondary N) is 1. The van der Waals surface area contributed by atoms with Crippen LogP contribution in [0.1, 0.15) is 37.9 Å². The second-order valence-corrected chi connectivity index (χ2v) is 5.54. The standard InChI is InChI=1S/C15H21NO3/c1-15(2,3)16-9-12-6-8-19-14(12)11-17-10-13-5-4-7-18-13/h4-8,16H,9-11H2,1-3H3. The summed E-state index contributed by atoms with van der Waals surface area (Å²) in [7, 11) is 0. The predicted molar refractivity (Wildman–Crippen MR) is 72.5 cm³/mol. The highest BCUT2D eigenvalue weighted by molar-refractivity contribution is 5.16. The van der Waals surface area contributed by atoms with Crippen molar-refractivity contribution < 1.29 is 13.6 Å². The Morgan fingerprint density at radius 2 is 1.95 bits per heavy atom. The maximum absolute atomic E-state index is 5.58. The monoisotopic (exact) mass is 263 g/mol. The third-order valence-electron chi connectivity index (χ3n) is 2.70. The fourth-order valence-corrected chi connectivity index (χ4v) is 1.65. The van der Waals surface area contributed by atoms with Crippen LogP contribution in [0.2, 0.25) is 0 Å². The average molecular weight is 263 g/mol. The van der Waals surface area contributed by atoms with Crippen molar-refractivity contribution in [2.24, 2.45) is 0 Å². The van der Waals surface area contributed by atoms with Gasteiger partial charge in [0.2, 0.25) is 0 Å². The van der Waals surface area contributed by atoms with Crippen LogP contribution in [-0.4, -0.2) is 5.54 Å². The van der Waals surface area contributed by atoms with Crippen LogP contribution in [0.15, 0.2) is 39.6 Å². The van der Waals surface area contributed by atoms with Crippen LogP contribution in [0.25, 0.3) is 0 Å². The highest BCUT2D eigenvalue weighted by Gasteiger charge is 2.12. The molecule has 4 heteroatoms. The highest BCUT2D eigenvalue weighted by Crippen LogP contribution is 2.14. The van der Waals surface area contributed by atoms with Crippen LogP contribution in [0.3, 0.4) is 0 Å². The Bertz CT molecular complexity index is 480. The maximum atomic E-state index is 5.58. The number of furan rings is 2. The SMILES string of the molecule is CC(C)(C)NCc1ccoc1COCc1ccco1. The van der Waals surface area contributed by atoms with Crippen LogP contribution in [0, 0.1) is 0 Å². The van der Waals surface area contributed by atoms with Gasteiger partial charge in [0, 0.05) is 17.6 Å². The van der Waals surface area contributed by atoms with Crippen LogP contribution in [0.5, 0.6) is 0 Å². The van der Waals surface area contributed by atoms with E-state index in [1.165, 1.54) is 0 Å². The molecule has 0 aromatic carbocycles. The first-order chi connectivity index (χ1) is 9.04. The summed E-state index contributed by atoms with van der Waals surface area (Å²) in [5, 5.41) is 3.43. The van der Waals surface area contributed by atoms with Gasteiger partial charge in [0.1, 0.15) is 24.7 Å². The van der Waals surface area contributed by atoms with E-state index in [0.29, 0.717) is 13.2 Å². The largest absolute Gasteiger partial charge is 0.467 e. The quantitative estimate of drug-likeness (QED) is 0.866. The van der Waals surface area contributed by atoms with E-state index >= 15 is 0 Å². The summed E-state index contributed by atoms with van der Waals surface area (Å²) in [4.78, 5) is 0. The van der Waals surface area contributed by atoms with Crippen LogP contribution in [-0.2, 0) is 24.5 Å². The lowest BCUT2D eigenvalue weighted by atomic mass is 10.1. The summed E-state index contributed by atoms with van der Waals surface area (Å²) in [5.74, 6) is 1.68. The van der Waals surface area contributed by atoms with Gasteiger partial charge in [-0.3, -0.25) is 0 Å². The van der Waals surface area contributed by atoms with Gasteiger partial charge in [0.25, 0.3) is 0 Å². The molecule has 0 aliphatic heterocycles. The molecular weight excluding hydrogens is 242 g/mol. The molecule has 2 rings (SSSR count). The van der Waals surface area contributed by atoms with E-state index in [1.807, 2.05) is 18.2 Å². The van der Waals surface area contributed by atoms with E-state index in [0.717, 1.165) is 23.6 Å². The molecule has 2 aromatic heterocycles. The molecule has 0 unspecified atom stereocenters. The molecule has 0 spiro atoms. The Labute approximate surface area is 113 Å². The van der Waals surface area contributed by atoms with E-state index in [1.54, 1.807) is 12.5 Å². The van der Waals surface area contributed by atoms with Gasteiger partial charge in [-0.1, -0.05) is 0 Å². The second kappa shape index (κ2) is 6.08. The number of hydrogen-bond acceptors (Lipinski definition) is 4. The molecule has 0 saturated carbocycles. The first-order valence-corrected chi connectivity index (χ1v) is 6.45. The van der Waals surface area contributed by atoms with Crippen LogP contribution < -0.4 is 5.32 Å². The molecule has 2 aromatic rings. The van der Waals surface area contributed by atoms with Crippen molar-refractivity contribution in [2.75, 3.05) is 0 Å². The van der Waals surface area contributed by atoms with Gasteiger partial charge in [0.05, 0.1) is 12.5 Å². The Morgan fingerprint density at radius 3 is 2.63 bits per heavy atom. The zero-order valence-electron chi connectivity index (χ0n) is 11.7. The van der Waals surface area contributed by atoms with Crippen molar-refractivity contribution in [2.45, 2.75) is 46.1 Å². The zero-order valence-corrected chi connectivity index (χ0v) is 11.7. The van der Waals surface area contributed by atoms with Gasteiger partial charge in [0.15, 0.2) is 0 Å². The lowest BCUT2D eigenvalue weighted by molar-refractivity contribution is 0.0795. The number of ether oxygens (including phenoxy) is 1. The van der Waals surface area contributed by atoms with E-state index in [2.05, 4.69) is 26.1 Å². The van der Waals surface area contributed by atoms with Crippen molar-refractivity contribution in [3.05, 3.63) is 47.8 Å². The normalized spacial score (nSPS) is 11.9. The summed E-state index contributed by atoms with van der Waals surface area (Å²) >= 11 is 0. The molecule has 0 atom stereocenters. The zero-order chi connectivity index (χ0) is 13.7. The molecule has 0 aliphatic carbocycles. The van der Waals surface area contributed by atoms with Crippen molar-refractivity contribution >= 4 is 0 Å². The van der Waals surface area contributed by atoms with Gasteiger partial charge in [-0.15, -0.1) is 0 Å². The molecule has 19 heavy (non-hydrogen) atoms. The maximum Gasteiger partial charge on any atom is 0.133 e. The lowest BCUT2D eigenvalue weighted by Gasteiger charge is -2.20. The molecule has 0 fully saturated rings. The fourth-order valence-electron chi connectivity index (χ4n) is 1.65. The van der Waals surface area contributed by atoms with E-state index in [-0.39, 0.29) is 5.54 Å². The van der Waals surface area contributed by atoms with Gasteiger partial charge in [-0.05, 0) is 39.0 Å². The molecule has 0 bridgehead atoms. The summed E-state index contributed by atoms with van der Waals surface area (Å²) in [6.45, 7) is 8.11. The van der Waals surface area contributed by atoms with E-state index in [4.69, 9.17) is 13.6 Å². The third kappa shape index (κ3) is 4.58. The first-order valence-electron chi connectivity index (χ1n) is 6.45. The van der Waals surface area contributed by atoms with Crippen LogP contribution in [0.4, 0.5) is 0 Å². The van der Waals surface area contributed by atoms with Crippen molar-refractivity contribution in [1.29, 1.82) is 0 Å². The van der Waals surface area contributed by atoms with Crippen molar-refractivity contribution in [1.82, 2.24) is 5.32 Å². The van der Waals surface area contributed by atoms with Gasteiger partial charge in [-0.2, -0.15) is 0 Å². The number of rotatable bonds is 6. The summed E-state index contributed by atoms with van der Waals surface area (Å²) in [6, 6.07) is 5.72. The van der Waals surface area contributed by atoms with Crippen molar-refractivity contribution in [3.8, 4) is 0 Å². The topological polar surface area (TPSA) is 47.5 Å². The molecule has 4 nitrogen and oxygen atoms in total. The molecule has 0 saturated heterocycles. The smallest absolute Gasteiger partial charge is 0.133 e. The Balaban J connectivity index is 1.82. The highest BCUT2D eigenvalue weighted by atomic mass is 16.5. The Hall–Kier alpha value is -1.52. The van der Waals surface area contributed by atoms with Gasteiger partial charge < -0.3 is 18.9 Å². The van der Waals surface area contributed by atoms with Crippen LogP contribution >= 0.6 is 0 Å². The number of hydrogen-bond donors (Lipinski definition) is 1. The Kier molecular flexibility index (Phi) is 4.45. The summed E-state index contributed by atoms with van der Waals surface area (Å²) < 4.78 is 16.2. The minimum absolute atomic E-state index is 0.0869. The third-order valence-corrected chi connectivity index (χ3v) is 2.70. The minimum atomic E-state index is 0.0869. The van der Waals surface area contributed by atoms with Crippen molar-refractivity contribution in [3.63, 3.8) is 0 Å². The summed E-state index contributed by atoms with van der Waals surface area (Å²) in [6.07, 6.45) is 3.34.